The van der Waals surface area contributed by atoms with Gasteiger partial charge in [-0.1, -0.05) is 6.07 Å². The number of ether oxygens (including phenoxy) is 1. The Morgan fingerprint density at radius 3 is 2.67 bits per heavy atom. The SMILES string of the molecule is CC(C)Oc1ncccc1CNCc1ccn(C(C)C)n1. The van der Waals surface area contributed by atoms with Crippen molar-refractivity contribution in [3.05, 3.63) is 41.9 Å². The van der Waals surface area contributed by atoms with Gasteiger partial charge in [0.25, 0.3) is 0 Å². The Labute approximate surface area is 126 Å². The third-order valence-electron chi connectivity index (χ3n) is 3.01. The smallest absolute Gasteiger partial charge is 0.218 e. The molecular formula is C16H24N4O. The van der Waals surface area contributed by atoms with Gasteiger partial charge in [0.05, 0.1) is 11.8 Å². The van der Waals surface area contributed by atoms with Crippen molar-refractivity contribution in [2.75, 3.05) is 0 Å². The molecule has 0 fully saturated rings. The summed E-state index contributed by atoms with van der Waals surface area (Å²) in [4.78, 5) is 4.29. The number of pyridine rings is 1. The molecule has 0 aliphatic rings. The minimum Gasteiger partial charge on any atom is -0.475 e. The van der Waals surface area contributed by atoms with E-state index >= 15 is 0 Å². The highest BCUT2D eigenvalue weighted by Gasteiger charge is 2.07. The highest BCUT2D eigenvalue weighted by molar-refractivity contribution is 5.25. The maximum atomic E-state index is 5.71. The Hall–Kier alpha value is -1.88. The molecule has 0 amide bonds. The van der Waals surface area contributed by atoms with Crippen LogP contribution < -0.4 is 10.1 Å². The van der Waals surface area contributed by atoms with E-state index in [1.165, 1.54) is 0 Å². The zero-order valence-electron chi connectivity index (χ0n) is 13.2. The molecule has 0 saturated heterocycles. The van der Waals surface area contributed by atoms with Crippen molar-refractivity contribution in [3.8, 4) is 5.88 Å². The Kier molecular flexibility index (Phi) is 5.33. The van der Waals surface area contributed by atoms with Crippen LogP contribution in [0.4, 0.5) is 0 Å². The molecule has 1 N–H and O–H groups in total. The first-order chi connectivity index (χ1) is 10.1. The second-order valence-electron chi connectivity index (χ2n) is 5.62. The number of aromatic nitrogens is 3. The van der Waals surface area contributed by atoms with Crippen LogP contribution in [0.1, 0.15) is 45.0 Å². The monoisotopic (exact) mass is 288 g/mol. The first-order valence-electron chi connectivity index (χ1n) is 7.41. The molecule has 2 rings (SSSR count). The summed E-state index contributed by atoms with van der Waals surface area (Å²) in [6.07, 6.45) is 3.89. The van der Waals surface area contributed by atoms with E-state index in [2.05, 4.69) is 29.2 Å². The number of nitrogens with zero attached hydrogens (tertiary/aromatic N) is 3. The van der Waals surface area contributed by atoms with Crippen molar-refractivity contribution < 1.29 is 4.74 Å². The quantitative estimate of drug-likeness (QED) is 0.851. The molecule has 0 radical (unpaired) electrons. The van der Waals surface area contributed by atoms with Crippen LogP contribution in [-0.2, 0) is 13.1 Å². The van der Waals surface area contributed by atoms with E-state index in [0.717, 1.165) is 17.8 Å². The number of nitrogens with one attached hydrogen (secondary N) is 1. The summed E-state index contributed by atoms with van der Waals surface area (Å²) >= 11 is 0. The van der Waals surface area contributed by atoms with Crippen molar-refractivity contribution in [3.63, 3.8) is 0 Å². The van der Waals surface area contributed by atoms with Crippen molar-refractivity contribution in [2.45, 2.75) is 52.9 Å². The lowest BCUT2D eigenvalue weighted by atomic mass is 10.2. The molecule has 114 valence electrons. The topological polar surface area (TPSA) is 52.0 Å². The molecule has 0 bridgehead atoms. The van der Waals surface area contributed by atoms with Crippen LogP contribution in [-0.4, -0.2) is 20.9 Å². The first-order valence-corrected chi connectivity index (χ1v) is 7.41. The van der Waals surface area contributed by atoms with Crippen molar-refractivity contribution >= 4 is 0 Å². The fraction of sp³-hybridized carbons (Fsp3) is 0.500. The Bertz CT molecular complexity index is 563. The highest BCUT2D eigenvalue weighted by Crippen LogP contribution is 2.15. The summed E-state index contributed by atoms with van der Waals surface area (Å²) < 4.78 is 7.68. The van der Waals surface area contributed by atoms with Crippen LogP contribution in [0.2, 0.25) is 0 Å². The second-order valence-corrected chi connectivity index (χ2v) is 5.62. The molecule has 2 aromatic heterocycles. The van der Waals surface area contributed by atoms with Gasteiger partial charge in [0.15, 0.2) is 0 Å². The van der Waals surface area contributed by atoms with Gasteiger partial charge in [0, 0.05) is 37.1 Å². The van der Waals surface area contributed by atoms with Gasteiger partial charge in [-0.2, -0.15) is 5.10 Å². The Morgan fingerprint density at radius 2 is 2.00 bits per heavy atom. The molecule has 2 heterocycles. The molecular weight excluding hydrogens is 264 g/mol. The molecule has 0 unspecified atom stereocenters. The molecule has 0 aliphatic carbocycles. The maximum Gasteiger partial charge on any atom is 0.218 e. The van der Waals surface area contributed by atoms with Crippen molar-refractivity contribution in [2.24, 2.45) is 0 Å². The van der Waals surface area contributed by atoms with E-state index in [1.807, 2.05) is 42.9 Å². The van der Waals surface area contributed by atoms with Gasteiger partial charge in [0.1, 0.15) is 0 Å². The summed E-state index contributed by atoms with van der Waals surface area (Å²) in [5.41, 5.74) is 2.11. The van der Waals surface area contributed by atoms with Gasteiger partial charge >= 0.3 is 0 Å². The largest absolute Gasteiger partial charge is 0.475 e. The fourth-order valence-corrected chi connectivity index (χ4v) is 1.97. The summed E-state index contributed by atoms with van der Waals surface area (Å²) in [6, 6.07) is 6.40. The van der Waals surface area contributed by atoms with Crippen molar-refractivity contribution in [1.82, 2.24) is 20.1 Å². The van der Waals surface area contributed by atoms with E-state index < -0.39 is 0 Å². The predicted octanol–water partition coefficient (Wildman–Crippen LogP) is 2.94. The number of hydrogen-bond donors (Lipinski definition) is 1. The van der Waals surface area contributed by atoms with Crippen molar-refractivity contribution in [1.29, 1.82) is 0 Å². The van der Waals surface area contributed by atoms with E-state index in [0.29, 0.717) is 18.5 Å². The number of hydrogen-bond acceptors (Lipinski definition) is 4. The third kappa shape index (κ3) is 4.56. The van der Waals surface area contributed by atoms with Gasteiger partial charge in [-0.05, 0) is 39.8 Å². The lowest BCUT2D eigenvalue weighted by Gasteiger charge is -2.13. The highest BCUT2D eigenvalue weighted by atomic mass is 16.5. The summed E-state index contributed by atoms with van der Waals surface area (Å²) in [7, 11) is 0. The van der Waals surface area contributed by atoms with Gasteiger partial charge in [-0.3, -0.25) is 4.68 Å². The minimum atomic E-state index is 0.125. The van der Waals surface area contributed by atoms with Crippen LogP contribution in [0.15, 0.2) is 30.6 Å². The molecule has 0 saturated carbocycles. The Balaban J connectivity index is 1.90. The van der Waals surface area contributed by atoms with E-state index in [9.17, 15) is 0 Å². The minimum absolute atomic E-state index is 0.125. The summed E-state index contributed by atoms with van der Waals surface area (Å²) in [5.74, 6) is 0.702. The predicted molar refractivity (Wildman–Crippen MR) is 83.2 cm³/mol. The van der Waals surface area contributed by atoms with E-state index in [1.54, 1.807) is 6.20 Å². The fourth-order valence-electron chi connectivity index (χ4n) is 1.97. The van der Waals surface area contributed by atoms with Gasteiger partial charge in [-0.15, -0.1) is 0 Å². The second kappa shape index (κ2) is 7.22. The average molecular weight is 288 g/mol. The molecule has 0 aromatic carbocycles. The third-order valence-corrected chi connectivity index (χ3v) is 3.01. The average Bonchev–Trinajstić information content (AvgIpc) is 2.89. The van der Waals surface area contributed by atoms with Crippen LogP contribution in [0.25, 0.3) is 0 Å². The normalized spacial score (nSPS) is 11.3. The van der Waals surface area contributed by atoms with Gasteiger partial charge < -0.3 is 10.1 Å². The molecule has 0 spiro atoms. The summed E-state index contributed by atoms with van der Waals surface area (Å²) in [6.45, 7) is 9.69. The zero-order chi connectivity index (χ0) is 15.2. The molecule has 2 aromatic rings. The summed E-state index contributed by atoms with van der Waals surface area (Å²) in [5, 5.41) is 7.91. The maximum absolute atomic E-state index is 5.71. The zero-order valence-corrected chi connectivity index (χ0v) is 13.2. The first kappa shape index (κ1) is 15.5. The molecule has 5 nitrogen and oxygen atoms in total. The van der Waals surface area contributed by atoms with Crippen LogP contribution in [0.5, 0.6) is 5.88 Å². The van der Waals surface area contributed by atoms with Crippen LogP contribution >= 0.6 is 0 Å². The molecule has 0 aliphatic heterocycles. The Morgan fingerprint density at radius 1 is 1.19 bits per heavy atom. The van der Waals surface area contributed by atoms with Crippen LogP contribution in [0, 0.1) is 0 Å². The molecule has 21 heavy (non-hydrogen) atoms. The standard InChI is InChI=1S/C16H24N4O/c1-12(2)20-9-7-15(19-20)11-17-10-14-6-5-8-18-16(14)21-13(3)4/h5-9,12-13,17H,10-11H2,1-4H3. The lowest BCUT2D eigenvalue weighted by Crippen LogP contribution is -2.16. The van der Waals surface area contributed by atoms with E-state index in [4.69, 9.17) is 4.74 Å². The number of rotatable bonds is 7. The lowest BCUT2D eigenvalue weighted by molar-refractivity contribution is 0.229. The van der Waals surface area contributed by atoms with Crippen LogP contribution in [0.3, 0.4) is 0 Å². The van der Waals surface area contributed by atoms with E-state index in [-0.39, 0.29) is 6.10 Å². The molecule has 5 heteroatoms. The molecule has 0 atom stereocenters. The van der Waals surface area contributed by atoms with Gasteiger partial charge in [-0.25, -0.2) is 4.98 Å². The van der Waals surface area contributed by atoms with Gasteiger partial charge in [0.2, 0.25) is 5.88 Å².